The Morgan fingerprint density at radius 3 is 2.86 bits per heavy atom. The molecule has 7 heteroatoms. The molecule has 0 radical (unpaired) electrons. The first-order valence-electron chi connectivity index (χ1n) is 6.89. The highest BCUT2D eigenvalue weighted by atomic mass is 35.5. The Labute approximate surface area is 127 Å². The van der Waals surface area contributed by atoms with Gasteiger partial charge in [-0.05, 0) is 44.1 Å². The first-order chi connectivity index (χ1) is 10.2. The number of rotatable bonds is 4. The normalized spacial score (nSPS) is 15.3. The number of halogens is 1. The minimum Gasteiger partial charge on any atom is -0.323 e. The zero-order chi connectivity index (χ0) is 14.7. The summed E-state index contributed by atoms with van der Waals surface area (Å²) < 4.78 is 1.60. The molecule has 6 nitrogen and oxygen atoms in total. The second kappa shape index (κ2) is 6.24. The maximum atomic E-state index is 12.2. The molecule has 0 aliphatic carbocycles. The molecule has 0 bridgehead atoms. The van der Waals surface area contributed by atoms with E-state index < -0.39 is 0 Å². The van der Waals surface area contributed by atoms with Crippen molar-refractivity contribution < 1.29 is 4.79 Å². The van der Waals surface area contributed by atoms with Crippen LogP contribution in [0.15, 0.2) is 30.9 Å². The number of hydrogen-bond acceptors (Lipinski definition) is 4. The number of amides is 1. The van der Waals surface area contributed by atoms with Gasteiger partial charge in [-0.25, -0.2) is 9.67 Å². The van der Waals surface area contributed by atoms with Gasteiger partial charge in [0.25, 0.3) is 0 Å². The summed E-state index contributed by atoms with van der Waals surface area (Å²) in [6, 6.07) is 5.29. The molecule has 0 unspecified atom stereocenters. The van der Waals surface area contributed by atoms with Crippen LogP contribution in [0.3, 0.4) is 0 Å². The van der Waals surface area contributed by atoms with Gasteiger partial charge in [-0.2, -0.15) is 5.10 Å². The summed E-state index contributed by atoms with van der Waals surface area (Å²) in [5, 5.41) is 7.57. The highest BCUT2D eigenvalue weighted by Crippen LogP contribution is 2.24. The summed E-state index contributed by atoms with van der Waals surface area (Å²) in [4.78, 5) is 18.2. The Bertz CT molecular complexity index is 622. The molecular weight excluding hydrogens is 290 g/mol. The number of benzene rings is 1. The van der Waals surface area contributed by atoms with Gasteiger partial charge in [-0.15, -0.1) is 0 Å². The van der Waals surface area contributed by atoms with E-state index in [0.717, 1.165) is 31.6 Å². The van der Waals surface area contributed by atoms with Crippen LogP contribution in [0.4, 0.5) is 5.69 Å². The number of carbonyl (C=O) groups is 1. The summed E-state index contributed by atoms with van der Waals surface area (Å²) in [7, 11) is 0. The first-order valence-corrected chi connectivity index (χ1v) is 7.27. The molecule has 1 fully saturated rings. The quantitative estimate of drug-likeness (QED) is 0.938. The van der Waals surface area contributed by atoms with E-state index in [0.29, 0.717) is 17.3 Å². The molecule has 2 heterocycles. The van der Waals surface area contributed by atoms with E-state index in [1.807, 2.05) is 6.07 Å². The van der Waals surface area contributed by atoms with Crippen LogP contribution in [-0.2, 0) is 4.79 Å². The molecule has 1 amide bonds. The van der Waals surface area contributed by atoms with Gasteiger partial charge in [0.2, 0.25) is 5.91 Å². The maximum Gasteiger partial charge on any atom is 0.238 e. The Kier molecular flexibility index (Phi) is 4.17. The lowest BCUT2D eigenvalue weighted by molar-refractivity contribution is -0.117. The minimum absolute atomic E-state index is 0.0412. The number of anilines is 1. The van der Waals surface area contributed by atoms with Crippen LogP contribution in [0, 0.1) is 0 Å². The van der Waals surface area contributed by atoms with Gasteiger partial charge in [-0.1, -0.05) is 11.6 Å². The van der Waals surface area contributed by atoms with Crippen LogP contribution >= 0.6 is 11.6 Å². The highest BCUT2D eigenvalue weighted by Gasteiger charge is 2.16. The summed E-state index contributed by atoms with van der Waals surface area (Å²) in [6.07, 6.45) is 5.35. The molecule has 1 aromatic heterocycles. The minimum atomic E-state index is -0.0412. The van der Waals surface area contributed by atoms with Gasteiger partial charge in [0.05, 0.1) is 17.9 Å². The number of aromatic nitrogens is 3. The lowest BCUT2D eigenvalue weighted by Crippen LogP contribution is -2.31. The SMILES string of the molecule is O=C(CN1CCCC1)Nc1cc(Cl)ccc1-n1cncn1. The van der Waals surface area contributed by atoms with Gasteiger partial charge in [-0.3, -0.25) is 9.69 Å². The zero-order valence-corrected chi connectivity index (χ0v) is 12.3. The van der Waals surface area contributed by atoms with Crippen molar-refractivity contribution >= 4 is 23.2 Å². The van der Waals surface area contributed by atoms with Gasteiger partial charge < -0.3 is 5.32 Å². The van der Waals surface area contributed by atoms with Crippen molar-refractivity contribution in [1.29, 1.82) is 0 Å². The van der Waals surface area contributed by atoms with Gasteiger partial charge in [0, 0.05) is 5.02 Å². The fraction of sp³-hybridized carbons (Fsp3) is 0.357. The third-order valence-corrected chi connectivity index (χ3v) is 3.70. The van der Waals surface area contributed by atoms with E-state index in [9.17, 15) is 4.79 Å². The Morgan fingerprint density at radius 1 is 1.33 bits per heavy atom. The molecular formula is C14H16ClN5O. The fourth-order valence-electron chi connectivity index (χ4n) is 2.47. The van der Waals surface area contributed by atoms with E-state index in [1.165, 1.54) is 6.33 Å². The number of hydrogen-bond donors (Lipinski definition) is 1. The van der Waals surface area contributed by atoms with Crippen molar-refractivity contribution in [3.05, 3.63) is 35.9 Å². The van der Waals surface area contributed by atoms with Crippen LogP contribution in [0.5, 0.6) is 0 Å². The second-order valence-corrected chi connectivity index (χ2v) is 5.47. The Morgan fingerprint density at radius 2 is 2.14 bits per heavy atom. The summed E-state index contributed by atoms with van der Waals surface area (Å²) in [5.74, 6) is -0.0412. The smallest absolute Gasteiger partial charge is 0.238 e. The molecule has 1 aliphatic heterocycles. The van der Waals surface area contributed by atoms with Crippen molar-refractivity contribution in [3.63, 3.8) is 0 Å². The molecule has 0 spiro atoms. The first kappa shape index (κ1) is 14.0. The molecule has 1 aromatic carbocycles. The standard InChI is InChI=1S/C14H16ClN5O/c15-11-3-4-13(20-10-16-9-17-20)12(7-11)18-14(21)8-19-5-1-2-6-19/h3-4,7,9-10H,1-2,5-6,8H2,(H,18,21). The molecule has 110 valence electrons. The Hall–Kier alpha value is -1.92. The van der Waals surface area contributed by atoms with Crippen LogP contribution < -0.4 is 5.32 Å². The largest absolute Gasteiger partial charge is 0.323 e. The predicted octanol–water partition coefficient (Wildman–Crippen LogP) is 1.96. The molecule has 2 aromatic rings. The van der Waals surface area contributed by atoms with Crippen LogP contribution in [0.1, 0.15) is 12.8 Å². The average molecular weight is 306 g/mol. The Balaban J connectivity index is 1.77. The molecule has 1 aliphatic rings. The van der Waals surface area contributed by atoms with Crippen molar-refractivity contribution in [2.24, 2.45) is 0 Å². The summed E-state index contributed by atoms with van der Waals surface area (Å²) in [6.45, 7) is 2.38. The third-order valence-electron chi connectivity index (χ3n) is 3.46. The number of nitrogens with zero attached hydrogens (tertiary/aromatic N) is 4. The number of likely N-dealkylation sites (tertiary alicyclic amines) is 1. The van der Waals surface area contributed by atoms with E-state index >= 15 is 0 Å². The predicted molar refractivity (Wildman–Crippen MR) is 80.7 cm³/mol. The van der Waals surface area contributed by atoms with Crippen LogP contribution in [0.25, 0.3) is 5.69 Å². The van der Waals surface area contributed by atoms with Crippen molar-refractivity contribution in [2.75, 3.05) is 25.0 Å². The van der Waals surface area contributed by atoms with Gasteiger partial charge in [0.1, 0.15) is 12.7 Å². The maximum absolute atomic E-state index is 12.2. The van der Waals surface area contributed by atoms with Crippen molar-refractivity contribution in [3.8, 4) is 5.69 Å². The molecule has 3 rings (SSSR count). The average Bonchev–Trinajstić information content (AvgIpc) is 3.11. The second-order valence-electron chi connectivity index (χ2n) is 5.03. The fourth-order valence-corrected chi connectivity index (χ4v) is 2.65. The van der Waals surface area contributed by atoms with Crippen LogP contribution in [0.2, 0.25) is 5.02 Å². The van der Waals surface area contributed by atoms with Crippen molar-refractivity contribution in [2.45, 2.75) is 12.8 Å². The molecule has 0 atom stereocenters. The van der Waals surface area contributed by atoms with E-state index in [1.54, 1.807) is 23.1 Å². The number of carbonyl (C=O) groups excluding carboxylic acids is 1. The topological polar surface area (TPSA) is 63.1 Å². The molecule has 1 N–H and O–H groups in total. The summed E-state index contributed by atoms with van der Waals surface area (Å²) in [5.41, 5.74) is 1.38. The van der Waals surface area contributed by atoms with E-state index in [-0.39, 0.29) is 5.91 Å². The summed E-state index contributed by atoms with van der Waals surface area (Å²) >= 11 is 6.02. The number of nitrogens with one attached hydrogen (secondary N) is 1. The van der Waals surface area contributed by atoms with Crippen LogP contribution in [-0.4, -0.2) is 45.2 Å². The highest BCUT2D eigenvalue weighted by molar-refractivity contribution is 6.31. The lowest BCUT2D eigenvalue weighted by Gasteiger charge is -2.16. The molecule has 0 saturated carbocycles. The van der Waals surface area contributed by atoms with E-state index in [2.05, 4.69) is 20.3 Å². The lowest BCUT2D eigenvalue weighted by atomic mass is 10.2. The molecule has 21 heavy (non-hydrogen) atoms. The van der Waals surface area contributed by atoms with E-state index in [4.69, 9.17) is 11.6 Å². The van der Waals surface area contributed by atoms with Gasteiger partial charge in [0.15, 0.2) is 0 Å². The van der Waals surface area contributed by atoms with Crippen molar-refractivity contribution in [1.82, 2.24) is 19.7 Å². The molecule has 1 saturated heterocycles. The zero-order valence-electron chi connectivity index (χ0n) is 11.5. The van der Waals surface area contributed by atoms with Gasteiger partial charge >= 0.3 is 0 Å². The third kappa shape index (κ3) is 3.40. The monoisotopic (exact) mass is 305 g/mol.